The number of aromatic nitrogens is 2. The maximum absolute atomic E-state index is 12.4. The lowest BCUT2D eigenvalue weighted by atomic mass is 9.84. The monoisotopic (exact) mass is 343 g/mol. The van der Waals surface area contributed by atoms with E-state index in [-0.39, 0.29) is 23.4 Å². The summed E-state index contributed by atoms with van der Waals surface area (Å²) in [4.78, 5) is 18.4. The summed E-state index contributed by atoms with van der Waals surface area (Å²) >= 11 is 0. The molecule has 1 spiro atoms. The Morgan fingerprint density at radius 2 is 2.32 bits per heavy atom. The standard InChI is InChI=1S/C18H21N3O4/c1-13-8-16(25-20-13)17(22)21-11-18(12-21)9-15(5-7-24-18)23-10-14-4-2-3-6-19-14/h2-4,6,8,15H,5,7,9-12H2,1H3/t15-/m1/s1. The number of rotatable bonds is 4. The van der Waals surface area contributed by atoms with Gasteiger partial charge in [-0.2, -0.15) is 0 Å². The first kappa shape index (κ1) is 16.2. The smallest absolute Gasteiger partial charge is 0.292 e. The number of nitrogens with zero attached hydrogens (tertiary/aromatic N) is 3. The van der Waals surface area contributed by atoms with Gasteiger partial charge in [0.15, 0.2) is 0 Å². The zero-order valence-corrected chi connectivity index (χ0v) is 14.2. The molecule has 0 unspecified atom stereocenters. The molecule has 0 saturated carbocycles. The fraction of sp³-hybridized carbons (Fsp3) is 0.500. The normalized spacial score (nSPS) is 22.0. The minimum atomic E-state index is -0.294. The number of hydrogen-bond donors (Lipinski definition) is 0. The molecule has 2 aromatic heterocycles. The van der Waals surface area contributed by atoms with Crippen LogP contribution in [0.2, 0.25) is 0 Å². The molecule has 0 aromatic carbocycles. The third kappa shape index (κ3) is 3.43. The summed E-state index contributed by atoms with van der Waals surface area (Å²) < 4.78 is 17.0. The maximum atomic E-state index is 12.4. The second-order valence-electron chi connectivity index (χ2n) is 6.77. The van der Waals surface area contributed by atoms with Crippen molar-refractivity contribution < 1.29 is 18.8 Å². The first-order chi connectivity index (χ1) is 12.1. The molecule has 0 bridgehead atoms. The van der Waals surface area contributed by atoms with Crippen LogP contribution in [0, 0.1) is 6.92 Å². The van der Waals surface area contributed by atoms with E-state index in [9.17, 15) is 4.79 Å². The molecule has 0 radical (unpaired) electrons. The number of amides is 1. The van der Waals surface area contributed by atoms with Gasteiger partial charge in [0.25, 0.3) is 5.91 Å². The molecule has 2 aliphatic heterocycles. The van der Waals surface area contributed by atoms with Crippen LogP contribution in [0.5, 0.6) is 0 Å². The highest BCUT2D eigenvalue weighted by Gasteiger charge is 2.50. The van der Waals surface area contributed by atoms with Crippen LogP contribution in [0.3, 0.4) is 0 Å². The van der Waals surface area contributed by atoms with Crippen molar-refractivity contribution >= 4 is 5.91 Å². The number of carbonyl (C=O) groups excluding carboxylic acids is 1. The molecule has 1 atom stereocenters. The van der Waals surface area contributed by atoms with Crippen molar-refractivity contribution in [2.75, 3.05) is 19.7 Å². The van der Waals surface area contributed by atoms with Gasteiger partial charge in [0.1, 0.15) is 5.60 Å². The maximum Gasteiger partial charge on any atom is 0.292 e. The topological polar surface area (TPSA) is 77.7 Å². The first-order valence-electron chi connectivity index (χ1n) is 8.52. The molecule has 132 valence electrons. The van der Waals surface area contributed by atoms with Crippen molar-refractivity contribution in [3.8, 4) is 0 Å². The lowest BCUT2D eigenvalue weighted by Gasteiger charge is -2.52. The second-order valence-corrected chi connectivity index (χ2v) is 6.77. The molecule has 2 fully saturated rings. The Morgan fingerprint density at radius 3 is 3.04 bits per heavy atom. The molecule has 2 aliphatic rings. The van der Waals surface area contributed by atoms with Gasteiger partial charge in [0.2, 0.25) is 5.76 Å². The molecule has 1 amide bonds. The summed E-state index contributed by atoms with van der Waals surface area (Å²) in [6.45, 7) is 4.08. The summed E-state index contributed by atoms with van der Waals surface area (Å²) in [5.41, 5.74) is 1.34. The number of pyridine rings is 1. The van der Waals surface area contributed by atoms with Crippen LogP contribution in [-0.4, -0.2) is 52.3 Å². The molecular formula is C18H21N3O4. The fourth-order valence-electron chi connectivity index (χ4n) is 3.45. The molecular weight excluding hydrogens is 322 g/mol. The van der Waals surface area contributed by atoms with Crippen LogP contribution in [0.25, 0.3) is 0 Å². The van der Waals surface area contributed by atoms with E-state index in [2.05, 4.69) is 10.1 Å². The molecule has 2 aromatic rings. The Labute approximate surface area is 145 Å². The van der Waals surface area contributed by atoms with Crippen LogP contribution in [0.4, 0.5) is 0 Å². The van der Waals surface area contributed by atoms with E-state index >= 15 is 0 Å². The minimum absolute atomic E-state index is 0.125. The van der Waals surface area contributed by atoms with E-state index in [0.29, 0.717) is 32.0 Å². The predicted octanol–water partition coefficient (Wildman–Crippen LogP) is 1.97. The van der Waals surface area contributed by atoms with E-state index in [0.717, 1.165) is 18.5 Å². The van der Waals surface area contributed by atoms with Crippen molar-refractivity contribution in [2.24, 2.45) is 0 Å². The molecule has 25 heavy (non-hydrogen) atoms. The summed E-state index contributed by atoms with van der Waals surface area (Å²) in [5.74, 6) is 0.150. The third-order valence-corrected chi connectivity index (χ3v) is 4.72. The van der Waals surface area contributed by atoms with Crippen molar-refractivity contribution in [1.29, 1.82) is 0 Å². The average molecular weight is 343 g/mol. The number of likely N-dealkylation sites (tertiary alicyclic amines) is 1. The van der Waals surface area contributed by atoms with Gasteiger partial charge in [-0.15, -0.1) is 0 Å². The lowest BCUT2D eigenvalue weighted by Crippen LogP contribution is -2.67. The molecule has 7 heteroatoms. The zero-order valence-electron chi connectivity index (χ0n) is 14.2. The van der Waals surface area contributed by atoms with Gasteiger partial charge in [-0.05, 0) is 25.5 Å². The first-order valence-corrected chi connectivity index (χ1v) is 8.52. The Bertz CT molecular complexity index is 740. The van der Waals surface area contributed by atoms with Crippen molar-refractivity contribution in [3.63, 3.8) is 0 Å². The van der Waals surface area contributed by atoms with Gasteiger partial charge in [-0.1, -0.05) is 11.2 Å². The largest absolute Gasteiger partial charge is 0.372 e. The molecule has 2 saturated heterocycles. The third-order valence-electron chi connectivity index (χ3n) is 4.72. The van der Waals surface area contributed by atoms with E-state index in [1.807, 2.05) is 18.2 Å². The summed E-state index contributed by atoms with van der Waals surface area (Å²) in [7, 11) is 0. The van der Waals surface area contributed by atoms with Gasteiger partial charge in [-0.3, -0.25) is 9.78 Å². The van der Waals surface area contributed by atoms with Crippen LogP contribution >= 0.6 is 0 Å². The minimum Gasteiger partial charge on any atom is -0.372 e. The SMILES string of the molecule is Cc1cc(C(=O)N2CC3(C[C@H](OCc4ccccn4)CCO3)C2)on1. The Morgan fingerprint density at radius 1 is 1.44 bits per heavy atom. The number of aryl methyl sites for hydroxylation is 1. The highest BCUT2D eigenvalue weighted by molar-refractivity contribution is 5.92. The quantitative estimate of drug-likeness (QED) is 0.845. The summed E-state index contributed by atoms with van der Waals surface area (Å²) in [5, 5.41) is 3.77. The van der Waals surface area contributed by atoms with E-state index in [4.69, 9.17) is 14.0 Å². The number of carbonyl (C=O) groups is 1. The van der Waals surface area contributed by atoms with Crippen LogP contribution in [0.15, 0.2) is 35.0 Å². The molecule has 4 heterocycles. The highest BCUT2D eigenvalue weighted by Crippen LogP contribution is 2.36. The molecule has 0 N–H and O–H groups in total. The Kier molecular flexibility index (Phi) is 4.27. The summed E-state index contributed by atoms with van der Waals surface area (Å²) in [6, 6.07) is 7.47. The van der Waals surface area contributed by atoms with Crippen molar-refractivity contribution in [1.82, 2.24) is 15.0 Å². The van der Waals surface area contributed by atoms with Gasteiger partial charge >= 0.3 is 0 Å². The Balaban J connectivity index is 1.31. The van der Waals surface area contributed by atoms with Crippen LogP contribution < -0.4 is 0 Å². The van der Waals surface area contributed by atoms with E-state index in [1.165, 1.54) is 0 Å². The molecule has 7 nitrogen and oxygen atoms in total. The van der Waals surface area contributed by atoms with E-state index in [1.54, 1.807) is 24.1 Å². The van der Waals surface area contributed by atoms with Gasteiger partial charge in [-0.25, -0.2) is 0 Å². The highest BCUT2D eigenvalue weighted by atomic mass is 16.5. The van der Waals surface area contributed by atoms with Crippen LogP contribution in [0.1, 0.15) is 34.8 Å². The molecule has 0 aliphatic carbocycles. The van der Waals surface area contributed by atoms with Gasteiger partial charge < -0.3 is 18.9 Å². The van der Waals surface area contributed by atoms with E-state index < -0.39 is 0 Å². The predicted molar refractivity (Wildman–Crippen MR) is 87.9 cm³/mol. The lowest BCUT2D eigenvalue weighted by molar-refractivity contribution is -0.188. The van der Waals surface area contributed by atoms with Crippen LogP contribution in [-0.2, 0) is 16.1 Å². The van der Waals surface area contributed by atoms with Crippen molar-refractivity contribution in [3.05, 3.63) is 47.6 Å². The number of hydrogen-bond acceptors (Lipinski definition) is 6. The second kappa shape index (κ2) is 6.57. The number of ether oxygens (including phenoxy) is 2. The van der Waals surface area contributed by atoms with Crippen molar-refractivity contribution in [2.45, 2.75) is 38.1 Å². The average Bonchev–Trinajstić information content (AvgIpc) is 3.05. The zero-order chi connectivity index (χ0) is 17.3. The van der Waals surface area contributed by atoms with Gasteiger partial charge in [0.05, 0.1) is 37.2 Å². The van der Waals surface area contributed by atoms with Gasteiger partial charge in [0, 0.05) is 25.3 Å². The molecule has 4 rings (SSSR count). The summed E-state index contributed by atoms with van der Waals surface area (Å²) in [6.07, 6.45) is 3.55. The fourth-order valence-corrected chi connectivity index (χ4v) is 3.45. The Hall–Kier alpha value is -2.25.